The van der Waals surface area contributed by atoms with Gasteiger partial charge in [0.15, 0.2) is 6.29 Å². The minimum absolute atomic E-state index is 0. The van der Waals surface area contributed by atoms with E-state index in [2.05, 4.69) is 0 Å². The maximum absolute atomic E-state index is 7.92. The van der Waals surface area contributed by atoms with E-state index in [0.717, 1.165) is 0 Å². The van der Waals surface area contributed by atoms with Crippen LogP contribution in [0, 0.1) is 0 Å². The fraction of sp³-hybridized carbons (Fsp3) is 1.00. The van der Waals surface area contributed by atoms with Crippen molar-refractivity contribution in [2.24, 2.45) is 0 Å². The topological polar surface area (TPSA) is 40.5 Å². The molecule has 4 heteroatoms. The number of hydrogen-bond acceptors (Lipinski definition) is 2. The molecule has 0 aliphatic carbocycles. The van der Waals surface area contributed by atoms with Gasteiger partial charge in [-0.1, -0.05) is 6.92 Å². The van der Waals surface area contributed by atoms with Crippen LogP contribution >= 0.6 is 0 Å². The van der Waals surface area contributed by atoms with Gasteiger partial charge in [0.05, 0.1) is 0 Å². The summed E-state index contributed by atoms with van der Waals surface area (Å²) in [5.74, 6) is 0. The zero-order valence-corrected chi connectivity index (χ0v) is 9.37. The van der Waals surface area contributed by atoms with Crippen molar-refractivity contribution in [1.29, 1.82) is 0 Å². The molecular formula is C3H8O2Re2. The molecule has 0 aliphatic heterocycles. The van der Waals surface area contributed by atoms with Crippen molar-refractivity contribution in [2.45, 2.75) is 19.6 Å². The monoisotopic (exact) mass is 450 g/mol. The molecule has 0 heterocycles. The van der Waals surface area contributed by atoms with Crippen LogP contribution in [0.25, 0.3) is 0 Å². The van der Waals surface area contributed by atoms with Crippen molar-refractivity contribution in [3.05, 3.63) is 0 Å². The van der Waals surface area contributed by atoms with Crippen molar-refractivity contribution in [3.63, 3.8) is 0 Å². The summed E-state index contributed by atoms with van der Waals surface area (Å²) in [6, 6.07) is 0. The van der Waals surface area contributed by atoms with Crippen LogP contribution in [0.1, 0.15) is 13.3 Å². The molecule has 0 aromatic rings. The Morgan fingerprint density at radius 1 is 1.29 bits per heavy atom. The molecule has 0 rings (SSSR count). The van der Waals surface area contributed by atoms with Gasteiger partial charge in [-0.15, -0.1) is 0 Å². The zero-order valence-electron chi connectivity index (χ0n) is 3.93. The van der Waals surface area contributed by atoms with E-state index in [1.165, 1.54) is 0 Å². The van der Waals surface area contributed by atoms with Gasteiger partial charge in [0.1, 0.15) is 0 Å². The third-order valence-electron chi connectivity index (χ3n) is 0.365. The van der Waals surface area contributed by atoms with E-state index in [-0.39, 0.29) is 40.8 Å². The Bertz CT molecular complexity index is 24.9. The molecule has 0 unspecified atom stereocenters. The van der Waals surface area contributed by atoms with Crippen LogP contribution < -0.4 is 0 Å². The first-order valence-electron chi connectivity index (χ1n) is 1.63. The Morgan fingerprint density at radius 2 is 1.43 bits per heavy atom. The van der Waals surface area contributed by atoms with Crippen LogP contribution in [0.15, 0.2) is 0 Å². The van der Waals surface area contributed by atoms with Gasteiger partial charge in [-0.25, -0.2) is 0 Å². The molecule has 0 bridgehead atoms. The second-order valence-corrected chi connectivity index (χ2v) is 0.889. The first-order chi connectivity index (χ1) is 2.27. The van der Waals surface area contributed by atoms with Crippen molar-refractivity contribution < 1.29 is 51.1 Å². The van der Waals surface area contributed by atoms with Gasteiger partial charge in [0.2, 0.25) is 0 Å². The van der Waals surface area contributed by atoms with Crippen LogP contribution in [-0.4, -0.2) is 16.5 Å². The largest absolute Gasteiger partial charge is 0.368 e. The van der Waals surface area contributed by atoms with Crippen molar-refractivity contribution in [2.75, 3.05) is 0 Å². The zero-order chi connectivity index (χ0) is 4.28. The summed E-state index contributed by atoms with van der Waals surface area (Å²) >= 11 is 0. The normalized spacial score (nSPS) is 6.86. The van der Waals surface area contributed by atoms with E-state index in [0.29, 0.717) is 6.42 Å². The molecule has 46 valence electrons. The molecule has 0 saturated heterocycles. The summed E-state index contributed by atoms with van der Waals surface area (Å²) in [5.41, 5.74) is 0. The molecule has 0 spiro atoms. The summed E-state index contributed by atoms with van der Waals surface area (Å²) in [7, 11) is 0. The molecule has 0 aromatic heterocycles. The fourth-order valence-corrected chi connectivity index (χ4v) is 0. The standard InChI is InChI=1S/C3H8O2.2Re/c1-2-3(4)5;;/h3-5H,2H2,1H3;;. The number of hydrogen-bond donors (Lipinski definition) is 2. The van der Waals surface area contributed by atoms with Gasteiger partial charge in [-0.3, -0.25) is 0 Å². The predicted octanol–water partition coefficient (Wildman–Crippen LogP) is -0.298. The van der Waals surface area contributed by atoms with Gasteiger partial charge < -0.3 is 10.2 Å². The Labute approximate surface area is 70.6 Å². The van der Waals surface area contributed by atoms with Crippen LogP contribution in [0.4, 0.5) is 0 Å². The molecule has 0 aliphatic rings. The molecule has 0 atom stereocenters. The van der Waals surface area contributed by atoms with E-state index in [9.17, 15) is 0 Å². The Balaban J connectivity index is -0.0000000800. The quantitative estimate of drug-likeness (QED) is 0.541. The summed E-state index contributed by atoms with van der Waals surface area (Å²) < 4.78 is 0. The van der Waals surface area contributed by atoms with Gasteiger partial charge in [0, 0.05) is 40.8 Å². The predicted molar refractivity (Wildman–Crippen MR) is 18.5 cm³/mol. The molecule has 0 saturated carbocycles. The van der Waals surface area contributed by atoms with Gasteiger partial charge in [-0.05, 0) is 6.42 Å². The van der Waals surface area contributed by atoms with Gasteiger partial charge >= 0.3 is 0 Å². The average Bonchev–Trinajstić information content (AvgIpc) is 1.38. The molecule has 0 aromatic carbocycles. The SMILES string of the molecule is CCC(O)O.[Re].[Re]. The van der Waals surface area contributed by atoms with Gasteiger partial charge in [-0.2, -0.15) is 0 Å². The molecule has 0 amide bonds. The van der Waals surface area contributed by atoms with E-state index in [4.69, 9.17) is 10.2 Å². The summed E-state index contributed by atoms with van der Waals surface area (Å²) in [4.78, 5) is 0. The smallest absolute Gasteiger partial charge is 0.151 e. The number of aliphatic hydroxyl groups is 2. The average molecular weight is 449 g/mol. The van der Waals surface area contributed by atoms with Crippen LogP contribution in [0.2, 0.25) is 0 Å². The Morgan fingerprint density at radius 3 is 1.43 bits per heavy atom. The van der Waals surface area contributed by atoms with E-state index >= 15 is 0 Å². The number of rotatable bonds is 1. The maximum atomic E-state index is 7.92. The van der Waals surface area contributed by atoms with Crippen LogP contribution in [0.5, 0.6) is 0 Å². The maximum Gasteiger partial charge on any atom is 0.151 e. The minimum atomic E-state index is -1.12. The van der Waals surface area contributed by atoms with Crippen LogP contribution in [0.3, 0.4) is 0 Å². The van der Waals surface area contributed by atoms with Crippen molar-refractivity contribution in [3.8, 4) is 0 Å². The third kappa shape index (κ3) is 18.9. The fourth-order valence-electron chi connectivity index (χ4n) is 0. The molecule has 0 fully saturated rings. The first-order valence-corrected chi connectivity index (χ1v) is 1.63. The molecule has 7 heavy (non-hydrogen) atoms. The molecule has 2 radical (unpaired) electrons. The van der Waals surface area contributed by atoms with Crippen LogP contribution in [-0.2, 0) is 40.8 Å². The first kappa shape index (κ1) is 15.7. The minimum Gasteiger partial charge on any atom is -0.368 e. The summed E-state index contributed by atoms with van der Waals surface area (Å²) in [6.07, 6.45) is -0.699. The Hall–Kier alpha value is 1.24. The Kier molecular flexibility index (Phi) is 23.1. The second-order valence-electron chi connectivity index (χ2n) is 0.889. The number of aliphatic hydroxyl groups excluding tert-OH is 1. The summed E-state index contributed by atoms with van der Waals surface area (Å²) in [6.45, 7) is 1.70. The van der Waals surface area contributed by atoms with E-state index < -0.39 is 6.29 Å². The molecule has 2 nitrogen and oxygen atoms in total. The van der Waals surface area contributed by atoms with Crippen molar-refractivity contribution in [1.82, 2.24) is 0 Å². The van der Waals surface area contributed by atoms with Gasteiger partial charge in [0.25, 0.3) is 0 Å². The van der Waals surface area contributed by atoms with E-state index in [1.807, 2.05) is 0 Å². The molecule has 2 N–H and O–H groups in total. The summed E-state index contributed by atoms with van der Waals surface area (Å²) in [5, 5.41) is 15.8. The van der Waals surface area contributed by atoms with Crippen molar-refractivity contribution >= 4 is 0 Å². The van der Waals surface area contributed by atoms with E-state index in [1.54, 1.807) is 6.92 Å². The molecular weight excluding hydrogens is 440 g/mol. The second kappa shape index (κ2) is 10.3. The third-order valence-corrected chi connectivity index (χ3v) is 0.365.